The third kappa shape index (κ3) is 4.14. The molecule has 1 aromatic carbocycles. The van der Waals surface area contributed by atoms with Gasteiger partial charge in [0.2, 0.25) is 0 Å². The Labute approximate surface area is 152 Å². The van der Waals surface area contributed by atoms with Gasteiger partial charge in [0.25, 0.3) is 5.91 Å². The van der Waals surface area contributed by atoms with Gasteiger partial charge in [-0.15, -0.1) is 0 Å². The highest BCUT2D eigenvalue weighted by atomic mass is 35.5. The third-order valence-corrected chi connectivity index (χ3v) is 3.48. The summed E-state index contributed by atoms with van der Waals surface area (Å²) in [7, 11) is 0. The summed E-state index contributed by atoms with van der Waals surface area (Å²) < 4.78 is 12.9. The minimum atomic E-state index is -0.475. The second-order valence-electron chi connectivity index (χ2n) is 5.06. The highest BCUT2D eigenvalue weighted by molar-refractivity contribution is 6.30. The van der Waals surface area contributed by atoms with Crippen molar-refractivity contribution in [3.63, 3.8) is 0 Å². The molecule has 10 heteroatoms. The summed E-state index contributed by atoms with van der Waals surface area (Å²) in [5, 5.41) is 3.42. The molecule has 0 bridgehead atoms. The number of nitrogen functional groups attached to an aromatic ring is 1. The smallest absolute Gasteiger partial charge is 0.269 e. The number of carbonyl (C=O) groups excluding carboxylic acids is 1. The summed E-state index contributed by atoms with van der Waals surface area (Å²) >= 11 is 5.79. The van der Waals surface area contributed by atoms with Crippen molar-refractivity contribution in [1.82, 2.24) is 20.4 Å². The number of aromatic nitrogens is 3. The van der Waals surface area contributed by atoms with Gasteiger partial charge in [0, 0.05) is 11.8 Å². The molecule has 0 aliphatic heterocycles. The molecule has 0 aliphatic rings. The van der Waals surface area contributed by atoms with E-state index in [4.69, 9.17) is 17.3 Å². The number of halogens is 2. The zero-order valence-corrected chi connectivity index (χ0v) is 14.0. The van der Waals surface area contributed by atoms with Crippen molar-refractivity contribution >= 4 is 40.6 Å². The van der Waals surface area contributed by atoms with Gasteiger partial charge >= 0.3 is 0 Å². The Morgan fingerprint density at radius 2 is 1.77 bits per heavy atom. The summed E-state index contributed by atoms with van der Waals surface area (Å²) in [5.74, 6) is 0.0688. The van der Waals surface area contributed by atoms with Gasteiger partial charge in [0.15, 0.2) is 11.6 Å². The van der Waals surface area contributed by atoms with Crippen molar-refractivity contribution in [2.75, 3.05) is 16.5 Å². The number of hydrogen-bond donors (Lipinski definition) is 4. The van der Waals surface area contributed by atoms with Gasteiger partial charge in [0.05, 0.1) is 5.02 Å². The van der Waals surface area contributed by atoms with Gasteiger partial charge in [-0.05, 0) is 36.4 Å². The first kappa shape index (κ1) is 17.4. The largest absolute Gasteiger partial charge is 0.393 e. The molecule has 0 aliphatic carbocycles. The minimum Gasteiger partial charge on any atom is -0.393 e. The van der Waals surface area contributed by atoms with E-state index in [9.17, 15) is 9.18 Å². The Bertz CT molecular complexity index is 919. The second-order valence-corrected chi connectivity index (χ2v) is 5.49. The number of amides is 1. The molecule has 0 saturated carbocycles. The van der Waals surface area contributed by atoms with Crippen molar-refractivity contribution in [1.29, 1.82) is 0 Å². The molecule has 2 heterocycles. The molecule has 3 rings (SSSR count). The molecule has 0 spiro atoms. The quantitative estimate of drug-likeness (QED) is 0.508. The minimum absolute atomic E-state index is 0.170. The van der Waals surface area contributed by atoms with E-state index in [1.807, 2.05) is 0 Å². The highest BCUT2D eigenvalue weighted by Gasteiger charge is 2.11. The van der Waals surface area contributed by atoms with E-state index in [0.717, 1.165) is 0 Å². The predicted molar refractivity (Wildman–Crippen MR) is 96.5 cm³/mol. The van der Waals surface area contributed by atoms with Crippen molar-refractivity contribution < 1.29 is 9.18 Å². The number of benzene rings is 1. The van der Waals surface area contributed by atoms with Crippen molar-refractivity contribution in [2.24, 2.45) is 0 Å². The highest BCUT2D eigenvalue weighted by Crippen LogP contribution is 2.24. The van der Waals surface area contributed by atoms with Gasteiger partial charge in [0.1, 0.15) is 23.6 Å². The summed E-state index contributed by atoms with van der Waals surface area (Å²) in [6.07, 6.45) is 2.74. The number of rotatable bonds is 5. The van der Waals surface area contributed by atoms with E-state index >= 15 is 0 Å². The molecule has 8 nitrogen and oxygen atoms in total. The maximum atomic E-state index is 12.9. The van der Waals surface area contributed by atoms with Gasteiger partial charge in [-0.3, -0.25) is 15.6 Å². The fraction of sp³-hybridized carbons (Fsp3) is 0. The molecule has 2 aromatic heterocycles. The Hall–Kier alpha value is -3.46. The molecular weight excluding hydrogens is 361 g/mol. The average molecular weight is 374 g/mol. The summed E-state index contributed by atoms with van der Waals surface area (Å²) in [5.41, 5.74) is 11.5. The predicted octanol–water partition coefficient (Wildman–Crippen LogP) is 2.75. The second kappa shape index (κ2) is 7.62. The molecule has 0 atom stereocenters. The molecule has 0 unspecified atom stereocenters. The number of hydrazine groups is 1. The van der Waals surface area contributed by atoms with Gasteiger partial charge in [-0.25, -0.2) is 19.3 Å². The van der Waals surface area contributed by atoms with Crippen molar-refractivity contribution in [3.05, 3.63) is 65.3 Å². The number of carbonyl (C=O) groups is 1. The van der Waals surface area contributed by atoms with Crippen LogP contribution in [0.1, 0.15) is 10.4 Å². The summed E-state index contributed by atoms with van der Waals surface area (Å²) in [4.78, 5) is 24.1. The molecule has 0 radical (unpaired) electrons. The Morgan fingerprint density at radius 3 is 2.46 bits per heavy atom. The zero-order valence-electron chi connectivity index (χ0n) is 13.2. The number of nitrogens with two attached hydrogens (primary N) is 1. The maximum absolute atomic E-state index is 12.9. The van der Waals surface area contributed by atoms with Crippen LogP contribution in [0.15, 0.2) is 48.9 Å². The summed E-state index contributed by atoms with van der Waals surface area (Å²) in [6.45, 7) is 0. The van der Waals surface area contributed by atoms with E-state index in [1.165, 1.54) is 36.8 Å². The molecule has 3 aromatic rings. The first-order valence-corrected chi connectivity index (χ1v) is 7.71. The summed E-state index contributed by atoms with van der Waals surface area (Å²) in [6, 6.07) is 8.41. The lowest BCUT2D eigenvalue weighted by Crippen LogP contribution is -2.30. The Morgan fingerprint density at radius 1 is 1.04 bits per heavy atom. The van der Waals surface area contributed by atoms with Crippen LogP contribution >= 0.6 is 11.6 Å². The number of nitrogens with one attached hydrogen (secondary N) is 3. The molecular formula is C16H13ClFN7O. The SMILES string of the molecule is Nc1c(NNC(=O)c2ccc(F)cc2)ncnc1Nc1ccc(Cl)cn1. The monoisotopic (exact) mass is 373 g/mol. The van der Waals surface area contributed by atoms with E-state index in [2.05, 4.69) is 31.1 Å². The fourth-order valence-electron chi connectivity index (χ4n) is 1.96. The first-order chi connectivity index (χ1) is 12.5. The van der Waals surface area contributed by atoms with Crippen LogP contribution in [0.3, 0.4) is 0 Å². The molecule has 0 fully saturated rings. The van der Waals surface area contributed by atoms with E-state index < -0.39 is 11.7 Å². The number of pyridine rings is 1. The zero-order chi connectivity index (χ0) is 18.5. The maximum Gasteiger partial charge on any atom is 0.269 e. The third-order valence-electron chi connectivity index (χ3n) is 3.26. The van der Waals surface area contributed by atoms with Gasteiger partial charge in [-0.2, -0.15) is 0 Å². The topological polar surface area (TPSA) is 118 Å². The van der Waals surface area contributed by atoms with E-state index in [0.29, 0.717) is 16.7 Å². The van der Waals surface area contributed by atoms with Crippen molar-refractivity contribution in [3.8, 4) is 0 Å². The molecule has 1 amide bonds. The van der Waals surface area contributed by atoms with Crippen LogP contribution in [0, 0.1) is 5.82 Å². The Balaban J connectivity index is 1.69. The van der Waals surface area contributed by atoms with Crippen LogP contribution in [0.2, 0.25) is 5.02 Å². The van der Waals surface area contributed by atoms with Crippen LogP contribution in [0.25, 0.3) is 0 Å². The van der Waals surface area contributed by atoms with E-state index in [1.54, 1.807) is 12.1 Å². The van der Waals surface area contributed by atoms with Crippen LogP contribution in [-0.4, -0.2) is 20.9 Å². The molecule has 5 N–H and O–H groups in total. The van der Waals surface area contributed by atoms with Gasteiger partial charge < -0.3 is 11.1 Å². The van der Waals surface area contributed by atoms with E-state index in [-0.39, 0.29) is 17.1 Å². The van der Waals surface area contributed by atoms with Crippen LogP contribution in [0.5, 0.6) is 0 Å². The number of nitrogens with zero attached hydrogens (tertiary/aromatic N) is 3. The molecule has 132 valence electrons. The lowest BCUT2D eigenvalue weighted by atomic mass is 10.2. The van der Waals surface area contributed by atoms with Crippen LogP contribution in [-0.2, 0) is 0 Å². The Kier molecular flexibility index (Phi) is 5.09. The fourth-order valence-corrected chi connectivity index (χ4v) is 2.07. The average Bonchev–Trinajstić information content (AvgIpc) is 2.64. The number of hydrogen-bond acceptors (Lipinski definition) is 7. The lowest BCUT2D eigenvalue weighted by molar-refractivity contribution is 0.0962. The van der Waals surface area contributed by atoms with Crippen LogP contribution < -0.4 is 21.9 Å². The molecule has 0 saturated heterocycles. The van der Waals surface area contributed by atoms with Crippen molar-refractivity contribution in [2.45, 2.75) is 0 Å². The molecule has 26 heavy (non-hydrogen) atoms. The normalized spacial score (nSPS) is 10.2. The lowest BCUT2D eigenvalue weighted by Gasteiger charge is -2.13. The number of anilines is 4. The van der Waals surface area contributed by atoms with Gasteiger partial charge in [-0.1, -0.05) is 11.6 Å². The standard InChI is InChI=1S/C16H13ClFN7O/c17-10-3-6-12(20-7-10)23-14-13(19)15(22-8-21-14)24-25-16(26)9-1-4-11(18)5-2-9/h1-8H,19H2,(H,25,26)(H2,20,21,22,23,24). The van der Waals surface area contributed by atoms with Crippen LogP contribution in [0.4, 0.5) is 27.5 Å². The first-order valence-electron chi connectivity index (χ1n) is 7.34.